The van der Waals surface area contributed by atoms with Gasteiger partial charge >= 0.3 is 5.97 Å². The third-order valence-electron chi connectivity index (χ3n) is 4.72. The Bertz CT molecular complexity index is 1210. The third-order valence-corrected chi connectivity index (χ3v) is 4.72. The highest BCUT2D eigenvalue weighted by molar-refractivity contribution is 5.95. The van der Waals surface area contributed by atoms with E-state index in [2.05, 4.69) is 25.3 Å². The number of nitrogens with one attached hydrogen (secondary N) is 2. The smallest absolute Gasteiger partial charge is 0.303 e. The summed E-state index contributed by atoms with van der Waals surface area (Å²) in [5, 5.41) is 11.9. The van der Waals surface area contributed by atoms with Gasteiger partial charge in [0, 0.05) is 24.7 Å². The van der Waals surface area contributed by atoms with Crippen molar-refractivity contribution in [2.75, 3.05) is 18.1 Å². The number of likely N-dealkylation sites (N-methyl/N-ethyl adjacent to an activating group) is 1. The van der Waals surface area contributed by atoms with Crippen LogP contribution in [0.3, 0.4) is 0 Å². The van der Waals surface area contributed by atoms with Gasteiger partial charge in [-0.3, -0.25) is 19.4 Å². The first-order chi connectivity index (χ1) is 15.3. The van der Waals surface area contributed by atoms with E-state index in [9.17, 15) is 19.2 Å². The van der Waals surface area contributed by atoms with Crippen molar-refractivity contribution >= 4 is 41.0 Å². The quantitative estimate of drug-likeness (QED) is 0.340. The van der Waals surface area contributed by atoms with Crippen LogP contribution in [0.1, 0.15) is 28.9 Å². The van der Waals surface area contributed by atoms with Crippen LogP contribution < -0.4 is 16.6 Å². The summed E-state index contributed by atoms with van der Waals surface area (Å²) in [6.45, 7) is 0.266. The van der Waals surface area contributed by atoms with Crippen LogP contribution >= 0.6 is 0 Å². The van der Waals surface area contributed by atoms with Gasteiger partial charge in [-0.2, -0.15) is 4.98 Å². The van der Waals surface area contributed by atoms with E-state index in [1.807, 2.05) is 0 Å². The monoisotopic (exact) mass is 439 g/mol. The number of nitrogen functional groups attached to an aromatic ring is 1. The van der Waals surface area contributed by atoms with Gasteiger partial charge < -0.3 is 25.9 Å². The van der Waals surface area contributed by atoms with Gasteiger partial charge in [-0.05, 0) is 30.7 Å². The van der Waals surface area contributed by atoms with E-state index in [-0.39, 0.29) is 36.5 Å². The molecule has 1 atom stereocenters. The summed E-state index contributed by atoms with van der Waals surface area (Å²) in [5.74, 6) is -1.47. The van der Waals surface area contributed by atoms with E-state index in [0.29, 0.717) is 23.2 Å². The maximum Gasteiger partial charge on any atom is 0.303 e. The summed E-state index contributed by atoms with van der Waals surface area (Å²) in [5.41, 5.74) is 6.77. The van der Waals surface area contributed by atoms with Gasteiger partial charge in [0.25, 0.3) is 11.5 Å². The number of hydrogen-bond acceptors (Lipinski definition) is 9. The van der Waals surface area contributed by atoms with Crippen molar-refractivity contribution in [2.24, 2.45) is 0 Å². The lowest BCUT2D eigenvalue weighted by atomic mass is 10.1. The number of aldehydes is 1. The molecular formula is C20H21N7O5. The van der Waals surface area contributed by atoms with Crippen LogP contribution in [0.5, 0.6) is 0 Å². The van der Waals surface area contributed by atoms with Gasteiger partial charge in [-0.25, -0.2) is 9.97 Å². The highest BCUT2D eigenvalue weighted by Gasteiger charge is 2.21. The Kier molecular flexibility index (Phi) is 6.73. The molecule has 2 aromatic heterocycles. The maximum atomic E-state index is 12.6. The Labute approximate surface area is 181 Å². The van der Waals surface area contributed by atoms with Gasteiger partial charge in [0.05, 0.1) is 24.5 Å². The zero-order valence-electron chi connectivity index (χ0n) is 17.1. The molecule has 0 aliphatic rings. The van der Waals surface area contributed by atoms with Gasteiger partial charge in [0.1, 0.15) is 6.29 Å². The third kappa shape index (κ3) is 5.22. The van der Waals surface area contributed by atoms with Crippen molar-refractivity contribution in [1.82, 2.24) is 24.8 Å². The van der Waals surface area contributed by atoms with E-state index in [4.69, 9.17) is 10.8 Å². The SMILES string of the molecule is CN(C(=O)c1ccc(NCc2cnc3nc(N)[nH]c(=O)c3n2)cc1)C(C=O)CCC(=O)O. The van der Waals surface area contributed by atoms with Crippen LogP contribution in [-0.4, -0.2) is 61.2 Å². The second-order valence-corrected chi connectivity index (χ2v) is 6.97. The summed E-state index contributed by atoms with van der Waals surface area (Å²) < 4.78 is 0. The van der Waals surface area contributed by atoms with Gasteiger partial charge in [-0.15, -0.1) is 0 Å². The van der Waals surface area contributed by atoms with E-state index in [1.165, 1.54) is 18.1 Å². The maximum absolute atomic E-state index is 12.6. The first-order valence-electron chi connectivity index (χ1n) is 9.58. The molecule has 2 heterocycles. The molecule has 0 aliphatic heterocycles. The van der Waals surface area contributed by atoms with Gasteiger partial charge in [0.2, 0.25) is 5.95 Å². The largest absolute Gasteiger partial charge is 0.481 e. The van der Waals surface area contributed by atoms with Crippen molar-refractivity contribution in [2.45, 2.75) is 25.4 Å². The molecule has 12 nitrogen and oxygen atoms in total. The number of carboxylic acids is 1. The molecule has 0 radical (unpaired) electrons. The lowest BCUT2D eigenvalue weighted by Crippen LogP contribution is -2.38. The normalized spacial score (nSPS) is 11.7. The minimum absolute atomic E-state index is 0.0377. The number of amides is 1. The van der Waals surface area contributed by atoms with Crippen LogP contribution in [0.25, 0.3) is 11.2 Å². The van der Waals surface area contributed by atoms with E-state index in [1.54, 1.807) is 24.3 Å². The highest BCUT2D eigenvalue weighted by atomic mass is 16.4. The van der Waals surface area contributed by atoms with Gasteiger partial charge in [0.15, 0.2) is 11.2 Å². The standard InChI is InChI=1S/C20H21N7O5/c1-27(14(10-28)6-7-15(29)30)19(32)11-2-4-12(5-3-11)22-8-13-9-23-17-16(24-13)18(31)26-20(21)25-17/h2-5,9-10,14,22H,6-8H2,1H3,(H,29,30)(H3,21,23,25,26,31). The fourth-order valence-electron chi connectivity index (χ4n) is 2.96. The summed E-state index contributed by atoms with van der Waals surface area (Å²) in [6.07, 6.45) is 1.87. The van der Waals surface area contributed by atoms with Crippen molar-refractivity contribution < 1.29 is 19.5 Å². The average molecular weight is 439 g/mol. The first kappa shape index (κ1) is 22.3. The number of rotatable bonds is 9. The number of fused-ring (bicyclic) bond motifs is 1. The van der Waals surface area contributed by atoms with Crippen molar-refractivity contribution in [3.8, 4) is 0 Å². The van der Waals surface area contributed by atoms with Crippen molar-refractivity contribution in [1.29, 1.82) is 0 Å². The number of carbonyl (C=O) groups excluding carboxylic acids is 2. The highest BCUT2D eigenvalue weighted by Crippen LogP contribution is 2.14. The Morgan fingerprint density at radius 1 is 1.28 bits per heavy atom. The Morgan fingerprint density at radius 2 is 2.00 bits per heavy atom. The molecule has 5 N–H and O–H groups in total. The number of anilines is 2. The molecule has 32 heavy (non-hydrogen) atoms. The predicted molar refractivity (Wildman–Crippen MR) is 115 cm³/mol. The van der Waals surface area contributed by atoms with Crippen LogP contribution in [0.15, 0.2) is 35.3 Å². The number of nitrogens with zero attached hydrogens (tertiary/aromatic N) is 4. The molecule has 1 aromatic carbocycles. The molecule has 0 bridgehead atoms. The lowest BCUT2D eigenvalue weighted by Gasteiger charge is -2.23. The second kappa shape index (κ2) is 9.64. The molecule has 166 valence electrons. The second-order valence-electron chi connectivity index (χ2n) is 6.97. The topological polar surface area (TPSA) is 184 Å². The molecule has 0 saturated heterocycles. The molecule has 0 saturated carbocycles. The zero-order chi connectivity index (χ0) is 23.3. The Hall–Kier alpha value is -4.35. The fourth-order valence-corrected chi connectivity index (χ4v) is 2.96. The van der Waals surface area contributed by atoms with E-state index < -0.39 is 23.5 Å². The fraction of sp³-hybridized carbons (Fsp3) is 0.250. The number of aliphatic carboxylic acids is 1. The van der Waals surface area contributed by atoms with E-state index >= 15 is 0 Å². The number of carboxylic acid groups (broad SMARTS) is 1. The zero-order valence-corrected chi connectivity index (χ0v) is 17.1. The summed E-state index contributed by atoms with van der Waals surface area (Å²) in [6, 6.07) is 5.71. The lowest BCUT2D eigenvalue weighted by molar-refractivity contribution is -0.137. The number of carbonyl (C=O) groups is 3. The summed E-state index contributed by atoms with van der Waals surface area (Å²) >= 11 is 0. The average Bonchev–Trinajstić information content (AvgIpc) is 2.77. The van der Waals surface area contributed by atoms with Crippen LogP contribution in [-0.2, 0) is 16.1 Å². The van der Waals surface area contributed by atoms with Crippen molar-refractivity contribution in [3.63, 3.8) is 0 Å². The van der Waals surface area contributed by atoms with Crippen LogP contribution in [0.2, 0.25) is 0 Å². The van der Waals surface area contributed by atoms with E-state index in [0.717, 1.165) is 0 Å². The molecule has 1 unspecified atom stereocenters. The van der Waals surface area contributed by atoms with Crippen LogP contribution in [0, 0.1) is 0 Å². The number of aromatic nitrogens is 4. The molecule has 0 spiro atoms. The Balaban J connectivity index is 1.65. The molecule has 3 aromatic rings. The van der Waals surface area contributed by atoms with Crippen molar-refractivity contribution in [3.05, 3.63) is 52.1 Å². The molecule has 12 heteroatoms. The predicted octanol–water partition coefficient (Wildman–Crippen LogP) is 0.412. The summed E-state index contributed by atoms with van der Waals surface area (Å²) in [7, 11) is 1.46. The molecular weight excluding hydrogens is 418 g/mol. The number of benzene rings is 1. The number of nitrogens with two attached hydrogens (primary N) is 1. The minimum atomic E-state index is -1.03. The molecule has 3 rings (SSSR count). The first-order valence-corrected chi connectivity index (χ1v) is 9.58. The molecule has 0 aliphatic carbocycles. The molecule has 0 fully saturated rings. The Morgan fingerprint density at radius 3 is 2.66 bits per heavy atom. The number of aromatic amines is 1. The number of hydrogen-bond donors (Lipinski definition) is 4. The van der Waals surface area contributed by atoms with Crippen LogP contribution in [0.4, 0.5) is 11.6 Å². The molecule has 1 amide bonds. The van der Waals surface area contributed by atoms with Gasteiger partial charge in [-0.1, -0.05) is 0 Å². The summed E-state index contributed by atoms with van der Waals surface area (Å²) in [4.78, 5) is 62.3. The minimum Gasteiger partial charge on any atom is -0.481 e. The number of H-pyrrole nitrogens is 1.